The van der Waals surface area contributed by atoms with Crippen molar-refractivity contribution in [2.75, 3.05) is 11.9 Å². The Kier molecular flexibility index (Phi) is 6.34. The van der Waals surface area contributed by atoms with Gasteiger partial charge in [0.1, 0.15) is 5.75 Å². The zero-order chi connectivity index (χ0) is 18.2. The van der Waals surface area contributed by atoms with Crippen molar-refractivity contribution in [1.29, 1.82) is 0 Å². The molecule has 132 valence electrons. The Hall–Kier alpha value is -2.72. The normalized spacial score (nSPS) is 10.3. The highest BCUT2D eigenvalue weighted by Crippen LogP contribution is 2.30. The number of hydrogen-bond donors (Lipinski definition) is 1. The SMILES string of the molecule is CC(=O)Oc1cccc(Sc2ccc(NCCc3ccccc3)cc2)c1. The maximum absolute atomic E-state index is 11.1. The summed E-state index contributed by atoms with van der Waals surface area (Å²) < 4.78 is 5.13. The summed E-state index contributed by atoms with van der Waals surface area (Å²) in [6, 6.07) is 26.4. The van der Waals surface area contributed by atoms with E-state index in [0.29, 0.717) is 5.75 Å². The minimum absolute atomic E-state index is 0.307. The molecule has 3 aromatic rings. The van der Waals surface area contributed by atoms with Crippen LogP contribution >= 0.6 is 11.8 Å². The van der Waals surface area contributed by atoms with Gasteiger partial charge >= 0.3 is 5.97 Å². The Morgan fingerprint density at radius 2 is 1.69 bits per heavy atom. The summed E-state index contributed by atoms with van der Waals surface area (Å²) in [4.78, 5) is 13.2. The lowest BCUT2D eigenvalue weighted by Gasteiger charge is -2.08. The molecule has 3 rings (SSSR count). The van der Waals surface area contributed by atoms with Crippen molar-refractivity contribution < 1.29 is 9.53 Å². The molecule has 0 aliphatic carbocycles. The van der Waals surface area contributed by atoms with Crippen LogP contribution in [0.15, 0.2) is 88.7 Å². The van der Waals surface area contributed by atoms with Crippen molar-refractivity contribution in [1.82, 2.24) is 0 Å². The monoisotopic (exact) mass is 363 g/mol. The molecule has 26 heavy (non-hydrogen) atoms. The average Bonchev–Trinajstić information content (AvgIpc) is 2.64. The number of ether oxygens (including phenoxy) is 1. The molecule has 0 spiro atoms. The van der Waals surface area contributed by atoms with Gasteiger partial charge in [-0.25, -0.2) is 0 Å². The van der Waals surface area contributed by atoms with Gasteiger partial charge in [-0.15, -0.1) is 0 Å². The molecule has 0 aromatic heterocycles. The van der Waals surface area contributed by atoms with Gasteiger partial charge in [-0.1, -0.05) is 48.2 Å². The largest absolute Gasteiger partial charge is 0.427 e. The number of benzene rings is 3. The van der Waals surface area contributed by atoms with Crippen LogP contribution < -0.4 is 10.1 Å². The molecule has 0 heterocycles. The standard InChI is InChI=1S/C22H21NO2S/c1-17(24)25-20-8-5-9-22(16-20)26-21-12-10-19(11-13-21)23-15-14-18-6-3-2-4-7-18/h2-13,16,23H,14-15H2,1H3. The zero-order valence-corrected chi connectivity index (χ0v) is 15.5. The van der Waals surface area contributed by atoms with Crippen LogP contribution in [-0.4, -0.2) is 12.5 Å². The van der Waals surface area contributed by atoms with E-state index in [1.165, 1.54) is 12.5 Å². The van der Waals surface area contributed by atoms with Crippen molar-refractivity contribution in [3.63, 3.8) is 0 Å². The molecule has 3 aromatic carbocycles. The second-order valence-electron chi connectivity index (χ2n) is 5.86. The summed E-state index contributed by atoms with van der Waals surface area (Å²) in [6.07, 6.45) is 1.00. The molecule has 0 fully saturated rings. The van der Waals surface area contributed by atoms with Crippen LogP contribution in [0, 0.1) is 0 Å². The van der Waals surface area contributed by atoms with Crippen molar-refractivity contribution in [3.05, 3.63) is 84.4 Å². The third-order valence-electron chi connectivity index (χ3n) is 3.74. The smallest absolute Gasteiger partial charge is 0.308 e. The first-order chi connectivity index (χ1) is 12.7. The fourth-order valence-electron chi connectivity index (χ4n) is 2.54. The summed E-state index contributed by atoms with van der Waals surface area (Å²) in [6.45, 7) is 2.31. The molecule has 4 heteroatoms. The number of hydrogen-bond acceptors (Lipinski definition) is 4. The highest BCUT2D eigenvalue weighted by atomic mass is 32.2. The van der Waals surface area contributed by atoms with Gasteiger partial charge in [0.25, 0.3) is 0 Å². The van der Waals surface area contributed by atoms with E-state index in [1.54, 1.807) is 17.8 Å². The Morgan fingerprint density at radius 3 is 2.42 bits per heavy atom. The molecule has 0 amide bonds. The summed E-state index contributed by atoms with van der Waals surface area (Å²) in [5.41, 5.74) is 2.44. The number of carbonyl (C=O) groups is 1. The lowest BCUT2D eigenvalue weighted by molar-refractivity contribution is -0.131. The summed E-state index contributed by atoms with van der Waals surface area (Å²) in [5.74, 6) is 0.264. The summed E-state index contributed by atoms with van der Waals surface area (Å²) >= 11 is 1.64. The van der Waals surface area contributed by atoms with Crippen LogP contribution in [0.2, 0.25) is 0 Å². The number of carbonyl (C=O) groups excluding carboxylic acids is 1. The van der Waals surface area contributed by atoms with Crippen LogP contribution in [0.25, 0.3) is 0 Å². The molecule has 3 nitrogen and oxygen atoms in total. The molecule has 0 saturated carbocycles. The number of nitrogens with one attached hydrogen (secondary N) is 1. The second-order valence-corrected chi connectivity index (χ2v) is 7.00. The van der Waals surface area contributed by atoms with Crippen LogP contribution in [0.4, 0.5) is 5.69 Å². The minimum atomic E-state index is -0.307. The Labute approximate surface area is 158 Å². The van der Waals surface area contributed by atoms with E-state index < -0.39 is 0 Å². The van der Waals surface area contributed by atoms with Crippen LogP contribution in [-0.2, 0) is 11.2 Å². The van der Waals surface area contributed by atoms with E-state index in [-0.39, 0.29) is 5.97 Å². The van der Waals surface area contributed by atoms with E-state index in [2.05, 4.69) is 53.8 Å². The molecule has 0 saturated heterocycles. The van der Waals surface area contributed by atoms with Crippen LogP contribution in [0.1, 0.15) is 12.5 Å². The Morgan fingerprint density at radius 1 is 0.923 bits per heavy atom. The van der Waals surface area contributed by atoms with Gasteiger partial charge in [0.15, 0.2) is 0 Å². The first kappa shape index (κ1) is 18.1. The van der Waals surface area contributed by atoms with E-state index in [4.69, 9.17) is 4.74 Å². The lowest BCUT2D eigenvalue weighted by Crippen LogP contribution is -2.04. The highest BCUT2D eigenvalue weighted by molar-refractivity contribution is 7.99. The third-order valence-corrected chi connectivity index (χ3v) is 4.74. The fourth-order valence-corrected chi connectivity index (χ4v) is 3.41. The topological polar surface area (TPSA) is 38.3 Å². The van der Waals surface area contributed by atoms with Gasteiger partial charge in [-0.2, -0.15) is 0 Å². The van der Waals surface area contributed by atoms with E-state index in [1.807, 2.05) is 24.3 Å². The predicted octanol–water partition coefficient (Wildman–Crippen LogP) is 5.42. The molecule has 1 N–H and O–H groups in total. The fraction of sp³-hybridized carbons (Fsp3) is 0.136. The van der Waals surface area contributed by atoms with Crippen molar-refractivity contribution in [3.8, 4) is 5.75 Å². The van der Waals surface area contributed by atoms with Gasteiger partial charge in [0.05, 0.1) is 0 Å². The zero-order valence-electron chi connectivity index (χ0n) is 14.6. The average molecular weight is 363 g/mol. The molecular formula is C22H21NO2S. The van der Waals surface area contributed by atoms with E-state index >= 15 is 0 Å². The van der Waals surface area contributed by atoms with E-state index in [0.717, 1.165) is 28.4 Å². The molecule has 0 bridgehead atoms. The highest BCUT2D eigenvalue weighted by Gasteiger charge is 2.02. The van der Waals surface area contributed by atoms with Gasteiger partial charge in [-0.05, 0) is 54.4 Å². The van der Waals surface area contributed by atoms with Gasteiger partial charge in [0.2, 0.25) is 0 Å². The van der Waals surface area contributed by atoms with Crippen molar-refractivity contribution >= 4 is 23.4 Å². The predicted molar refractivity (Wildman–Crippen MR) is 107 cm³/mol. The molecule has 0 unspecified atom stereocenters. The van der Waals surface area contributed by atoms with Gasteiger partial charge < -0.3 is 10.1 Å². The van der Waals surface area contributed by atoms with Crippen molar-refractivity contribution in [2.24, 2.45) is 0 Å². The van der Waals surface area contributed by atoms with Crippen molar-refractivity contribution in [2.45, 2.75) is 23.1 Å². The number of anilines is 1. The summed E-state index contributed by atoms with van der Waals surface area (Å²) in [7, 11) is 0. The lowest BCUT2D eigenvalue weighted by atomic mass is 10.1. The molecule has 0 radical (unpaired) electrons. The maximum Gasteiger partial charge on any atom is 0.308 e. The maximum atomic E-state index is 11.1. The van der Waals surface area contributed by atoms with Gasteiger partial charge in [0, 0.05) is 28.9 Å². The number of rotatable bonds is 7. The first-order valence-corrected chi connectivity index (χ1v) is 9.35. The molecule has 0 aliphatic heterocycles. The van der Waals surface area contributed by atoms with Crippen LogP contribution in [0.3, 0.4) is 0 Å². The van der Waals surface area contributed by atoms with Crippen LogP contribution in [0.5, 0.6) is 5.75 Å². The quantitative estimate of drug-likeness (QED) is 0.449. The molecule has 0 aliphatic rings. The Bertz CT molecular complexity index is 848. The third kappa shape index (κ3) is 5.67. The minimum Gasteiger partial charge on any atom is -0.427 e. The summed E-state index contributed by atoms with van der Waals surface area (Å²) in [5, 5.41) is 3.45. The molecule has 0 atom stereocenters. The molecular weight excluding hydrogens is 342 g/mol. The number of esters is 1. The second kappa shape index (κ2) is 9.11. The Balaban J connectivity index is 1.53. The van der Waals surface area contributed by atoms with Gasteiger partial charge in [-0.3, -0.25) is 4.79 Å². The first-order valence-electron chi connectivity index (χ1n) is 8.53. The van der Waals surface area contributed by atoms with E-state index in [9.17, 15) is 4.79 Å².